The molecule has 0 spiro atoms. The van der Waals surface area contributed by atoms with Crippen LogP contribution in [0.5, 0.6) is 0 Å². The highest BCUT2D eigenvalue weighted by Crippen LogP contribution is 2.32. The van der Waals surface area contributed by atoms with Gasteiger partial charge in [-0.1, -0.05) is 66.7 Å². The van der Waals surface area contributed by atoms with E-state index in [1.165, 1.54) is 32.1 Å². The molecule has 0 saturated heterocycles. The molecule has 0 aliphatic heterocycles. The molecule has 21 heavy (non-hydrogen) atoms. The van der Waals surface area contributed by atoms with E-state index in [1.807, 2.05) is 0 Å². The molecule has 1 heterocycles. The van der Waals surface area contributed by atoms with E-state index in [-0.39, 0.29) is 5.41 Å². The standard InChI is InChI=1S/C18H33N3/c1-13(2)12-21-16(19)15(20-17(21)18(3,4)5)11-14-9-7-6-8-10-14/h13-14H,6-12,19H2,1-5H3. The second kappa shape index (κ2) is 6.41. The van der Waals surface area contributed by atoms with Gasteiger partial charge in [-0.15, -0.1) is 0 Å². The lowest BCUT2D eigenvalue weighted by Crippen LogP contribution is -2.21. The Morgan fingerprint density at radius 1 is 1.19 bits per heavy atom. The van der Waals surface area contributed by atoms with Crippen molar-refractivity contribution in [2.75, 3.05) is 5.73 Å². The van der Waals surface area contributed by atoms with Crippen LogP contribution in [-0.2, 0) is 18.4 Å². The third-order valence-corrected chi connectivity index (χ3v) is 4.51. The van der Waals surface area contributed by atoms with Crippen LogP contribution in [0.1, 0.15) is 78.2 Å². The molecule has 2 N–H and O–H groups in total. The van der Waals surface area contributed by atoms with E-state index in [2.05, 4.69) is 39.2 Å². The second-order valence-corrected chi connectivity index (χ2v) is 8.23. The predicted molar refractivity (Wildman–Crippen MR) is 90.5 cm³/mol. The number of rotatable bonds is 4. The van der Waals surface area contributed by atoms with Crippen molar-refractivity contribution in [3.8, 4) is 0 Å². The minimum Gasteiger partial charge on any atom is -0.384 e. The summed E-state index contributed by atoms with van der Waals surface area (Å²) in [6.07, 6.45) is 7.93. The molecule has 1 aromatic heterocycles. The van der Waals surface area contributed by atoms with E-state index >= 15 is 0 Å². The summed E-state index contributed by atoms with van der Waals surface area (Å²) in [6, 6.07) is 0. The first-order chi connectivity index (χ1) is 9.79. The molecule has 120 valence electrons. The summed E-state index contributed by atoms with van der Waals surface area (Å²) < 4.78 is 2.27. The fourth-order valence-corrected chi connectivity index (χ4v) is 3.45. The molecule has 3 heteroatoms. The van der Waals surface area contributed by atoms with Crippen LogP contribution in [0.15, 0.2) is 0 Å². The highest BCUT2D eigenvalue weighted by atomic mass is 15.2. The maximum Gasteiger partial charge on any atom is 0.126 e. The summed E-state index contributed by atoms with van der Waals surface area (Å²) >= 11 is 0. The molecule has 1 fully saturated rings. The molecule has 0 unspecified atom stereocenters. The lowest BCUT2D eigenvalue weighted by atomic mass is 9.86. The zero-order chi connectivity index (χ0) is 15.6. The number of nitrogens with two attached hydrogens (primary N) is 1. The third-order valence-electron chi connectivity index (χ3n) is 4.51. The van der Waals surface area contributed by atoms with Crippen LogP contribution in [0.25, 0.3) is 0 Å². The third kappa shape index (κ3) is 4.02. The van der Waals surface area contributed by atoms with Crippen LogP contribution in [0, 0.1) is 11.8 Å². The van der Waals surface area contributed by atoms with Crippen LogP contribution in [0.2, 0.25) is 0 Å². The van der Waals surface area contributed by atoms with Gasteiger partial charge < -0.3 is 10.3 Å². The summed E-state index contributed by atoms with van der Waals surface area (Å²) in [6.45, 7) is 12.2. The molecular formula is C18H33N3. The molecule has 2 rings (SSSR count). The Labute approximate surface area is 130 Å². The fraction of sp³-hybridized carbons (Fsp3) is 0.833. The van der Waals surface area contributed by atoms with Crippen LogP contribution in [0.4, 0.5) is 5.82 Å². The highest BCUT2D eigenvalue weighted by Gasteiger charge is 2.26. The van der Waals surface area contributed by atoms with Crippen LogP contribution >= 0.6 is 0 Å². The van der Waals surface area contributed by atoms with Gasteiger partial charge in [-0.3, -0.25) is 0 Å². The van der Waals surface area contributed by atoms with Gasteiger partial charge in [0.1, 0.15) is 11.6 Å². The summed E-state index contributed by atoms with van der Waals surface area (Å²) in [7, 11) is 0. The van der Waals surface area contributed by atoms with Crippen molar-refractivity contribution < 1.29 is 0 Å². The van der Waals surface area contributed by atoms with Gasteiger partial charge in [0, 0.05) is 12.0 Å². The first-order valence-electron chi connectivity index (χ1n) is 8.64. The van der Waals surface area contributed by atoms with Gasteiger partial charge in [0.15, 0.2) is 0 Å². The normalized spacial score (nSPS) is 17.6. The van der Waals surface area contributed by atoms with Crippen molar-refractivity contribution in [3.05, 3.63) is 11.5 Å². The molecule has 0 radical (unpaired) electrons. The average Bonchev–Trinajstić information content (AvgIpc) is 2.68. The second-order valence-electron chi connectivity index (χ2n) is 8.23. The van der Waals surface area contributed by atoms with Crippen molar-refractivity contribution in [1.82, 2.24) is 9.55 Å². The van der Waals surface area contributed by atoms with Crippen LogP contribution in [-0.4, -0.2) is 9.55 Å². The fourth-order valence-electron chi connectivity index (χ4n) is 3.45. The van der Waals surface area contributed by atoms with E-state index in [9.17, 15) is 0 Å². The van der Waals surface area contributed by atoms with E-state index in [0.29, 0.717) is 5.92 Å². The van der Waals surface area contributed by atoms with Crippen molar-refractivity contribution in [1.29, 1.82) is 0 Å². The van der Waals surface area contributed by atoms with Crippen molar-refractivity contribution in [2.45, 2.75) is 85.1 Å². The van der Waals surface area contributed by atoms with E-state index < -0.39 is 0 Å². The number of imidazole rings is 1. The molecular weight excluding hydrogens is 258 g/mol. The Morgan fingerprint density at radius 2 is 1.81 bits per heavy atom. The number of aromatic nitrogens is 2. The Morgan fingerprint density at radius 3 is 2.33 bits per heavy atom. The lowest BCUT2D eigenvalue weighted by Gasteiger charge is -2.21. The molecule has 0 amide bonds. The van der Waals surface area contributed by atoms with Gasteiger partial charge in [0.25, 0.3) is 0 Å². The zero-order valence-corrected chi connectivity index (χ0v) is 14.6. The maximum atomic E-state index is 6.47. The first-order valence-corrected chi connectivity index (χ1v) is 8.64. The van der Waals surface area contributed by atoms with Crippen LogP contribution < -0.4 is 5.73 Å². The number of hydrogen-bond donors (Lipinski definition) is 1. The highest BCUT2D eigenvalue weighted by molar-refractivity contribution is 5.40. The molecule has 1 aliphatic rings. The van der Waals surface area contributed by atoms with Gasteiger partial charge in [-0.2, -0.15) is 0 Å². The van der Waals surface area contributed by atoms with E-state index in [4.69, 9.17) is 10.7 Å². The average molecular weight is 291 g/mol. The summed E-state index contributed by atoms with van der Waals surface area (Å²) in [4.78, 5) is 4.97. The van der Waals surface area contributed by atoms with Crippen molar-refractivity contribution in [2.24, 2.45) is 11.8 Å². The molecule has 0 bridgehead atoms. The molecule has 1 aromatic rings. The Hall–Kier alpha value is -0.990. The zero-order valence-electron chi connectivity index (χ0n) is 14.6. The number of anilines is 1. The Kier molecular flexibility index (Phi) is 5.00. The largest absolute Gasteiger partial charge is 0.384 e. The minimum absolute atomic E-state index is 0.0494. The summed E-state index contributed by atoms with van der Waals surface area (Å²) in [5.41, 5.74) is 7.66. The maximum absolute atomic E-state index is 6.47. The monoisotopic (exact) mass is 291 g/mol. The number of nitrogen functional groups attached to an aromatic ring is 1. The van der Waals surface area contributed by atoms with Crippen molar-refractivity contribution >= 4 is 5.82 Å². The molecule has 1 saturated carbocycles. The Bertz CT molecular complexity index is 460. The Balaban J connectivity index is 2.27. The number of hydrogen-bond acceptors (Lipinski definition) is 2. The predicted octanol–water partition coefficient (Wildman–Crippen LogP) is 4.54. The van der Waals surface area contributed by atoms with Gasteiger partial charge in [0.2, 0.25) is 0 Å². The molecule has 1 aliphatic carbocycles. The quantitative estimate of drug-likeness (QED) is 0.885. The van der Waals surface area contributed by atoms with Gasteiger partial charge in [-0.05, 0) is 18.3 Å². The van der Waals surface area contributed by atoms with E-state index in [1.54, 1.807) is 0 Å². The molecule has 3 nitrogen and oxygen atoms in total. The minimum atomic E-state index is 0.0494. The molecule has 0 aromatic carbocycles. The van der Waals surface area contributed by atoms with Gasteiger partial charge >= 0.3 is 0 Å². The van der Waals surface area contributed by atoms with Gasteiger partial charge in [-0.25, -0.2) is 4.98 Å². The number of nitrogens with zero attached hydrogens (tertiary/aromatic N) is 2. The van der Waals surface area contributed by atoms with Crippen molar-refractivity contribution in [3.63, 3.8) is 0 Å². The first kappa shape index (κ1) is 16.4. The topological polar surface area (TPSA) is 43.8 Å². The smallest absolute Gasteiger partial charge is 0.126 e. The van der Waals surface area contributed by atoms with Crippen LogP contribution in [0.3, 0.4) is 0 Å². The summed E-state index contributed by atoms with van der Waals surface area (Å²) in [5, 5.41) is 0. The lowest BCUT2D eigenvalue weighted by molar-refractivity contribution is 0.354. The van der Waals surface area contributed by atoms with E-state index in [0.717, 1.165) is 36.2 Å². The molecule has 0 atom stereocenters. The summed E-state index contributed by atoms with van der Waals surface area (Å²) in [5.74, 6) is 3.44. The SMILES string of the molecule is CC(C)Cn1c(C(C)(C)C)nc(CC2CCCCC2)c1N. The van der Waals surface area contributed by atoms with Gasteiger partial charge in [0.05, 0.1) is 5.69 Å².